The summed E-state index contributed by atoms with van der Waals surface area (Å²) in [6, 6.07) is 10.9. The third-order valence-corrected chi connectivity index (χ3v) is 5.55. The minimum atomic E-state index is -0.0221. The number of benzene rings is 1. The molecule has 22 heavy (non-hydrogen) atoms. The number of hydrogen-bond acceptors (Lipinski definition) is 2. The molecule has 2 saturated carbocycles. The first kappa shape index (κ1) is 14.1. The van der Waals surface area contributed by atoms with Gasteiger partial charge in [0.15, 0.2) is 0 Å². The molecule has 4 rings (SSSR count). The lowest BCUT2D eigenvalue weighted by Crippen LogP contribution is -2.41. The van der Waals surface area contributed by atoms with E-state index in [-0.39, 0.29) is 12.1 Å². The van der Waals surface area contributed by atoms with Gasteiger partial charge in [0, 0.05) is 18.5 Å². The summed E-state index contributed by atoms with van der Waals surface area (Å²) < 4.78 is 5.82. The minimum absolute atomic E-state index is 0.0221. The van der Waals surface area contributed by atoms with Crippen molar-refractivity contribution >= 4 is 6.03 Å². The van der Waals surface area contributed by atoms with Crippen molar-refractivity contribution in [3.05, 3.63) is 35.9 Å². The quantitative estimate of drug-likeness (QED) is 0.898. The van der Waals surface area contributed by atoms with Crippen molar-refractivity contribution in [2.24, 2.45) is 11.8 Å². The molecule has 118 valence electrons. The summed E-state index contributed by atoms with van der Waals surface area (Å²) in [5.74, 6) is 1.98. The second-order valence-corrected chi connectivity index (χ2v) is 6.94. The predicted octanol–water partition coefficient (Wildman–Crippen LogP) is 2.66. The Bertz CT molecular complexity index is 523. The summed E-state index contributed by atoms with van der Waals surface area (Å²) in [5.41, 5.74) is 1.33. The van der Waals surface area contributed by atoms with Crippen LogP contribution in [0.3, 0.4) is 0 Å². The first-order valence-electron chi connectivity index (χ1n) is 8.52. The van der Waals surface area contributed by atoms with Crippen LogP contribution in [0.4, 0.5) is 4.79 Å². The summed E-state index contributed by atoms with van der Waals surface area (Å²) in [7, 11) is 0. The summed E-state index contributed by atoms with van der Waals surface area (Å²) in [4.78, 5) is 12.0. The predicted molar refractivity (Wildman–Crippen MR) is 84.7 cm³/mol. The van der Waals surface area contributed by atoms with Gasteiger partial charge in [0.25, 0.3) is 0 Å². The molecule has 1 saturated heterocycles. The highest BCUT2D eigenvalue weighted by Crippen LogP contribution is 2.51. The zero-order valence-electron chi connectivity index (χ0n) is 12.8. The molecule has 2 N–H and O–H groups in total. The lowest BCUT2D eigenvalue weighted by Gasteiger charge is -2.13. The third-order valence-electron chi connectivity index (χ3n) is 5.55. The molecule has 4 heteroatoms. The van der Waals surface area contributed by atoms with Crippen LogP contribution in [0.1, 0.15) is 37.2 Å². The van der Waals surface area contributed by atoms with E-state index in [1.54, 1.807) is 0 Å². The van der Waals surface area contributed by atoms with Gasteiger partial charge >= 0.3 is 6.03 Å². The first-order chi connectivity index (χ1) is 10.8. The Labute approximate surface area is 131 Å². The number of carbonyl (C=O) groups excluding carboxylic acids is 1. The Morgan fingerprint density at radius 3 is 2.73 bits per heavy atom. The van der Waals surface area contributed by atoms with Crippen LogP contribution in [0.25, 0.3) is 0 Å². The Hall–Kier alpha value is -1.55. The van der Waals surface area contributed by atoms with E-state index in [1.807, 2.05) is 6.07 Å². The van der Waals surface area contributed by atoms with E-state index in [0.717, 1.165) is 24.9 Å². The molecule has 3 fully saturated rings. The summed E-state index contributed by atoms with van der Waals surface area (Å²) in [6.45, 7) is 1.36. The van der Waals surface area contributed by atoms with Crippen LogP contribution in [0, 0.1) is 11.8 Å². The van der Waals surface area contributed by atoms with Gasteiger partial charge in [0.2, 0.25) is 0 Å². The number of nitrogens with one attached hydrogen (secondary N) is 2. The van der Waals surface area contributed by atoms with Crippen LogP contribution in [0.5, 0.6) is 0 Å². The van der Waals surface area contributed by atoms with E-state index in [4.69, 9.17) is 4.74 Å². The second-order valence-electron chi connectivity index (χ2n) is 6.94. The molecular weight excluding hydrogens is 276 g/mol. The largest absolute Gasteiger partial charge is 0.376 e. The van der Waals surface area contributed by atoms with Crippen LogP contribution in [-0.2, 0) is 4.74 Å². The first-order valence-corrected chi connectivity index (χ1v) is 8.52. The Balaban J connectivity index is 1.19. The van der Waals surface area contributed by atoms with Gasteiger partial charge in [-0.2, -0.15) is 0 Å². The van der Waals surface area contributed by atoms with Crippen molar-refractivity contribution in [1.29, 1.82) is 0 Å². The fourth-order valence-corrected chi connectivity index (χ4v) is 4.25. The van der Waals surface area contributed by atoms with Crippen molar-refractivity contribution in [1.82, 2.24) is 10.6 Å². The molecule has 0 aromatic heterocycles. The van der Waals surface area contributed by atoms with Gasteiger partial charge in [-0.3, -0.25) is 0 Å². The average Bonchev–Trinajstić information content (AvgIpc) is 2.97. The minimum Gasteiger partial charge on any atom is -0.376 e. The van der Waals surface area contributed by atoms with Crippen molar-refractivity contribution < 1.29 is 9.53 Å². The zero-order valence-corrected chi connectivity index (χ0v) is 12.8. The fourth-order valence-electron chi connectivity index (χ4n) is 4.25. The van der Waals surface area contributed by atoms with Crippen LogP contribution in [0.15, 0.2) is 30.3 Å². The van der Waals surface area contributed by atoms with E-state index >= 15 is 0 Å². The van der Waals surface area contributed by atoms with Crippen LogP contribution >= 0.6 is 0 Å². The van der Waals surface area contributed by atoms with Crippen LogP contribution in [-0.4, -0.2) is 31.3 Å². The Morgan fingerprint density at radius 2 is 1.95 bits per heavy atom. The molecule has 0 spiro atoms. The molecule has 2 aliphatic carbocycles. The third kappa shape index (κ3) is 2.84. The highest BCUT2D eigenvalue weighted by molar-refractivity contribution is 5.74. The van der Waals surface area contributed by atoms with Crippen LogP contribution < -0.4 is 10.6 Å². The molecule has 5 atom stereocenters. The van der Waals surface area contributed by atoms with Gasteiger partial charge in [-0.25, -0.2) is 4.79 Å². The smallest absolute Gasteiger partial charge is 0.315 e. The normalized spacial score (nSPS) is 35.9. The Kier molecular flexibility index (Phi) is 3.78. The second kappa shape index (κ2) is 5.92. The molecule has 4 nitrogen and oxygen atoms in total. The monoisotopic (exact) mass is 300 g/mol. The standard InChI is InChI=1S/C18H24N2O2/c21-18(20-17-15-7-4-8-16(15)17)19-10-14-9-13(11-22-14)12-5-2-1-3-6-12/h1-3,5-6,13-17H,4,7-11H2,(H2,19,20,21)/t13-,14-,15-,16+,17?/m0/s1. The van der Waals surface area contributed by atoms with E-state index in [2.05, 4.69) is 34.9 Å². The molecule has 3 aliphatic rings. The zero-order chi connectivity index (χ0) is 14.9. The molecule has 1 aliphatic heterocycles. The van der Waals surface area contributed by atoms with Crippen molar-refractivity contribution in [2.75, 3.05) is 13.2 Å². The molecule has 0 bridgehead atoms. The SMILES string of the molecule is O=C(NC[C@@H]1C[C@H](c2ccccc2)CO1)NC1[C@H]2CCC[C@@H]12. The number of ether oxygens (including phenoxy) is 1. The lowest BCUT2D eigenvalue weighted by molar-refractivity contribution is 0.110. The molecule has 0 radical (unpaired) electrons. The number of amides is 2. The maximum Gasteiger partial charge on any atom is 0.315 e. The maximum atomic E-state index is 12.0. The van der Waals surface area contributed by atoms with Gasteiger partial charge in [-0.05, 0) is 36.7 Å². The average molecular weight is 300 g/mol. The van der Waals surface area contributed by atoms with Crippen molar-refractivity contribution in [2.45, 2.75) is 43.7 Å². The van der Waals surface area contributed by atoms with E-state index in [0.29, 0.717) is 18.5 Å². The van der Waals surface area contributed by atoms with Gasteiger partial charge < -0.3 is 15.4 Å². The van der Waals surface area contributed by atoms with Crippen molar-refractivity contribution in [3.8, 4) is 0 Å². The van der Waals surface area contributed by atoms with Gasteiger partial charge in [0.05, 0.1) is 12.7 Å². The number of hydrogen-bond donors (Lipinski definition) is 2. The van der Waals surface area contributed by atoms with Crippen LogP contribution in [0.2, 0.25) is 0 Å². The summed E-state index contributed by atoms with van der Waals surface area (Å²) in [6.07, 6.45) is 5.04. The molecule has 1 heterocycles. The van der Waals surface area contributed by atoms with Gasteiger partial charge in [0.1, 0.15) is 0 Å². The topological polar surface area (TPSA) is 50.4 Å². The fraction of sp³-hybridized carbons (Fsp3) is 0.611. The molecule has 1 aromatic carbocycles. The number of carbonyl (C=O) groups is 1. The summed E-state index contributed by atoms with van der Waals surface area (Å²) in [5, 5.41) is 6.10. The van der Waals surface area contributed by atoms with E-state index in [9.17, 15) is 4.79 Å². The van der Waals surface area contributed by atoms with E-state index < -0.39 is 0 Å². The van der Waals surface area contributed by atoms with Gasteiger partial charge in [-0.15, -0.1) is 0 Å². The Morgan fingerprint density at radius 1 is 1.18 bits per heavy atom. The highest BCUT2D eigenvalue weighted by Gasteiger charge is 2.53. The highest BCUT2D eigenvalue weighted by atomic mass is 16.5. The maximum absolute atomic E-state index is 12.0. The van der Waals surface area contributed by atoms with Gasteiger partial charge in [-0.1, -0.05) is 36.8 Å². The molecular formula is C18H24N2O2. The molecule has 1 unspecified atom stereocenters. The van der Waals surface area contributed by atoms with E-state index in [1.165, 1.54) is 24.8 Å². The summed E-state index contributed by atoms with van der Waals surface area (Å²) >= 11 is 0. The van der Waals surface area contributed by atoms with Crippen molar-refractivity contribution in [3.63, 3.8) is 0 Å². The lowest BCUT2D eigenvalue weighted by atomic mass is 9.96. The molecule has 1 aromatic rings. The molecule has 2 amide bonds. The number of urea groups is 1. The number of rotatable bonds is 4. The number of fused-ring (bicyclic) bond motifs is 1.